The monoisotopic (exact) mass is 263 g/mol. The Labute approximate surface area is 109 Å². The molecule has 1 fully saturated rings. The van der Waals surface area contributed by atoms with Gasteiger partial charge >= 0.3 is 5.97 Å². The number of nitrogens with zero attached hydrogens (tertiary/aromatic N) is 1. The number of aromatic nitrogens is 1. The molecule has 18 heavy (non-hydrogen) atoms. The van der Waals surface area contributed by atoms with Gasteiger partial charge in [-0.15, -0.1) is 11.3 Å². The third-order valence-corrected chi connectivity index (χ3v) is 3.91. The van der Waals surface area contributed by atoms with Crippen LogP contribution >= 0.6 is 11.3 Å². The molecule has 5 heteroatoms. The standard InChI is InChI=1S/C13H13NO3S/c15-13(17-8-9-4-3-7-16-9)12-14-10-5-1-2-6-11(10)18-12/h1-2,5-6,9H,3-4,7-8H2. The van der Waals surface area contributed by atoms with Crippen molar-refractivity contribution >= 4 is 27.5 Å². The van der Waals surface area contributed by atoms with Gasteiger partial charge in [0.15, 0.2) is 0 Å². The highest BCUT2D eigenvalue weighted by atomic mass is 32.1. The minimum absolute atomic E-state index is 0.0586. The Bertz CT molecular complexity index is 527. The van der Waals surface area contributed by atoms with Gasteiger partial charge in [0, 0.05) is 6.61 Å². The molecule has 0 N–H and O–H groups in total. The number of hydrogen-bond donors (Lipinski definition) is 0. The van der Waals surface area contributed by atoms with Crippen molar-refractivity contribution in [3.05, 3.63) is 29.3 Å². The Kier molecular flexibility index (Phi) is 3.25. The van der Waals surface area contributed by atoms with Crippen LogP contribution in [0.15, 0.2) is 24.3 Å². The molecular formula is C13H13NO3S. The number of fused-ring (bicyclic) bond motifs is 1. The van der Waals surface area contributed by atoms with E-state index in [-0.39, 0.29) is 12.1 Å². The van der Waals surface area contributed by atoms with E-state index in [9.17, 15) is 4.79 Å². The molecule has 2 heterocycles. The molecule has 0 radical (unpaired) electrons. The molecule has 2 aromatic rings. The van der Waals surface area contributed by atoms with Gasteiger partial charge in [-0.2, -0.15) is 0 Å². The lowest BCUT2D eigenvalue weighted by Gasteiger charge is -2.08. The van der Waals surface area contributed by atoms with Crippen LogP contribution in [-0.2, 0) is 9.47 Å². The van der Waals surface area contributed by atoms with Gasteiger partial charge in [-0.05, 0) is 25.0 Å². The number of esters is 1. The van der Waals surface area contributed by atoms with Crippen LogP contribution in [0.25, 0.3) is 10.2 Å². The molecule has 1 aliphatic heterocycles. The first-order valence-corrected chi connectivity index (χ1v) is 6.79. The highest BCUT2D eigenvalue weighted by molar-refractivity contribution is 7.20. The normalized spacial score (nSPS) is 19.2. The van der Waals surface area contributed by atoms with E-state index in [1.807, 2.05) is 24.3 Å². The summed E-state index contributed by atoms with van der Waals surface area (Å²) in [6.45, 7) is 1.10. The van der Waals surface area contributed by atoms with Crippen molar-refractivity contribution in [2.75, 3.05) is 13.2 Å². The first-order chi connectivity index (χ1) is 8.83. The van der Waals surface area contributed by atoms with Crippen LogP contribution in [0.4, 0.5) is 0 Å². The molecule has 1 saturated heterocycles. The number of benzene rings is 1. The summed E-state index contributed by atoms with van der Waals surface area (Å²) in [6, 6.07) is 7.68. The number of carbonyl (C=O) groups excluding carboxylic acids is 1. The average molecular weight is 263 g/mol. The number of ether oxygens (including phenoxy) is 2. The molecule has 3 rings (SSSR count). The highest BCUT2D eigenvalue weighted by Crippen LogP contribution is 2.22. The van der Waals surface area contributed by atoms with Gasteiger partial charge in [0.1, 0.15) is 6.61 Å². The molecule has 0 amide bonds. The van der Waals surface area contributed by atoms with Crippen molar-refractivity contribution in [1.82, 2.24) is 4.98 Å². The summed E-state index contributed by atoms with van der Waals surface area (Å²) in [4.78, 5) is 16.1. The van der Waals surface area contributed by atoms with Crippen molar-refractivity contribution in [2.45, 2.75) is 18.9 Å². The zero-order valence-corrected chi connectivity index (χ0v) is 10.6. The molecule has 1 aliphatic rings. The predicted molar refractivity (Wildman–Crippen MR) is 68.9 cm³/mol. The third-order valence-electron chi connectivity index (χ3n) is 2.89. The molecule has 94 valence electrons. The van der Waals surface area contributed by atoms with Crippen LogP contribution in [0.3, 0.4) is 0 Å². The van der Waals surface area contributed by atoms with Crippen molar-refractivity contribution < 1.29 is 14.3 Å². The Morgan fingerprint density at radius 1 is 1.50 bits per heavy atom. The summed E-state index contributed by atoms with van der Waals surface area (Å²) in [7, 11) is 0. The topological polar surface area (TPSA) is 48.4 Å². The zero-order valence-electron chi connectivity index (χ0n) is 9.80. The fourth-order valence-electron chi connectivity index (χ4n) is 1.97. The van der Waals surface area contributed by atoms with Gasteiger partial charge < -0.3 is 9.47 Å². The summed E-state index contributed by atoms with van der Waals surface area (Å²) >= 11 is 1.36. The number of para-hydroxylation sites is 1. The molecule has 0 spiro atoms. The lowest BCUT2D eigenvalue weighted by Crippen LogP contribution is -2.17. The number of rotatable bonds is 3. The number of thiazole rings is 1. The quantitative estimate of drug-likeness (QED) is 0.799. The van der Waals surface area contributed by atoms with Gasteiger partial charge in [-0.1, -0.05) is 12.1 Å². The lowest BCUT2D eigenvalue weighted by atomic mass is 10.2. The van der Waals surface area contributed by atoms with Crippen LogP contribution in [0.2, 0.25) is 0 Å². The smallest absolute Gasteiger partial charge is 0.367 e. The molecule has 1 unspecified atom stereocenters. The highest BCUT2D eigenvalue weighted by Gasteiger charge is 2.19. The Balaban J connectivity index is 1.67. The van der Waals surface area contributed by atoms with Crippen LogP contribution < -0.4 is 0 Å². The average Bonchev–Trinajstić information content (AvgIpc) is 3.04. The van der Waals surface area contributed by atoms with Crippen LogP contribution in [-0.4, -0.2) is 30.3 Å². The zero-order chi connectivity index (χ0) is 12.4. The first kappa shape index (κ1) is 11.6. The van der Waals surface area contributed by atoms with E-state index >= 15 is 0 Å². The third kappa shape index (κ3) is 2.37. The molecule has 1 aromatic carbocycles. The molecule has 1 atom stereocenters. The first-order valence-electron chi connectivity index (χ1n) is 5.97. The van der Waals surface area contributed by atoms with Crippen LogP contribution in [0.5, 0.6) is 0 Å². The summed E-state index contributed by atoms with van der Waals surface area (Å²) < 4.78 is 11.6. The fraction of sp³-hybridized carbons (Fsp3) is 0.385. The van der Waals surface area contributed by atoms with E-state index < -0.39 is 0 Å². The second-order valence-corrected chi connectivity index (χ2v) is 5.25. The summed E-state index contributed by atoms with van der Waals surface area (Å²) in [5.41, 5.74) is 0.839. The van der Waals surface area contributed by atoms with Crippen molar-refractivity contribution in [3.8, 4) is 0 Å². The Hall–Kier alpha value is -1.46. The van der Waals surface area contributed by atoms with Crippen LogP contribution in [0, 0.1) is 0 Å². The van der Waals surface area contributed by atoms with Crippen LogP contribution in [0.1, 0.15) is 22.6 Å². The molecular weight excluding hydrogens is 250 g/mol. The van der Waals surface area contributed by atoms with Crippen molar-refractivity contribution in [1.29, 1.82) is 0 Å². The molecule has 0 saturated carbocycles. The van der Waals surface area contributed by atoms with Gasteiger partial charge in [0.25, 0.3) is 0 Å². The fourth-order valence-corrected chi connectivity index (χ4v) is 2.83. The Morgan fingerprint density at radius 3 is 3.17 bits per heavy atom. The molecule has 1 aromatic heterocycles. The Morgan fingerprint density at radius 2 is 2.39 bits per heavy atom. The van der Waals surface area contributed by atoms with Gasteiger partial charge in [0.2, 0.25) is 5.01 Å². The van der Waals surface area contributed by atoms with E-state index in [0.29, 0.717) is 11.6 Å². The van der Waals surface area contributed by atoms with Gasteiger partial charge in [0.05, 0.1) is 16.3 Å². The SMILES string of the molecule is O=C(OCC1CCCO1)c1nc2ccccc2s1. The summed E-state index contributed by atoms with van der Waals surface area (Å²) in [6.07, 6.45) is 2.07. The minimum Gasteiger partial charge on any atom is -0.458 e. The molecule has 0 aliphatic carbocycles. The van der Waals surface area contributed by atoms with E-state index in [1.165, 1.54) is 11.3 Å². The van der Waals surface area contributed by atoms with Gasteiger partial charge in [-0.3, -0.25) is 0 Å². The maximum atomic E-state index is 11.8. The summed E-state index contributed by atoms with van der Waals surface area (Å²) in [5.74, 6) is -0.355. The maximum Gasteiger partial charge on any atom is 0.367 e. The summed E-state index contributed by atoms with van der Waals surface area (Å²) in [5, 5.41) is 0.411. The largest absolute Gasteiger partial charge is 0.458 e. The van der Waals surface area contributed by atoms with Gasteiger partial charge in [-0.25, -0.2) is 9.78 Å². The van der Waals surface area contributed by atoms with E-state index in [2.05, 4.69) is 4.98 Å². The molecule has 0 bridgehead atoms. The second kappa shape index (κ2) is 5.04. The number of carbonyl (C=O) groups is 1. The van der Waals surface area contributed by atoms with E-state index in [4.69, 9.17) is 9.47 Å². The van der Waals surface area contributed by atoms with Crippen molar-refractivity contribution in [3.63, 3.8) is 0 Å². The number of hydrogen-bond acceptors (Lipinski definition) is 5. The van der Waals surface area contributed by atoms with E-state index in [1.54, 1.807) is 0 Å². The minimum atomic E-state index is -0.355. The van der Waals surface area contributed by atoms with Crippen molar-refractivity contribution in [2.24, 2.45) is 0 Å². The maximum absolute atomic E-state index is 11.8. The predicted octanol–water partition coefficient (Wildman–Crippen LogP) is 2.63. The van der Waals surface area contributed by atoms with E-state index in [0.717, 1.165) is 29.7 Å². The molecule has 4 nitrogen and oxygen atoms in total. The lowest BCUT2D eigenvalue weighted by molar-refractivity contribution is 0.0161. The second-order valence-electron chi connectivity index (χ2n) is 4.22.